The number of anilines is 1. The van der Waals surface area contributed by atoms with Gasteiger partial charge in [0, 0.05) is 5.69 Å². The van der Waals surface area contributed by atoms with Gasteiger partial charge < -0.3 is 10.5 Å². The molecule has 2 aromatic carbocycles. The molecule has 0 saturated carbocycles. The molecule has 2 rings (SSSR count). The molecule has 2 N–H and O–H groups in total. The Labute approximate surface area is 108 Å². The second-order valence-corrected chi connectivity index (χ2v) is 4.82. The average Bonchev–Trinajstić information content (AvgIpc) is 2.27. The first-order valence-electron chi connectivity index (χ1n) is 6.19. The monoisotopic (exact) mass is 241 g/mol. The number of rotatable bonds is 3. The predicted octanol–water partition coefficient (Wildman–Crippen LogP) is 4.03. The smallest absolute Gasteiger partial charge is 0.119 e. The molecule has 18 heavy (non-hydrogen) atoms. The average molecular weight is 241 g/mol. The van der Waals surface area contributed by atoms with E-state index >= 15 is 0 Å². The summed E-state index contributed by atoms with van der Waals surface area (Å²) in [6, 6.07) is 14.2. The van der Waals surface area contributed by atoms with Crippen molar-refractivity contribution in [1.29, 1.82) is 0 Å². The van der Waals surface area contributed by atoms with E-state index in [0.29, 0.717) is 0 Å². The lowest BCUT2D eigenvalue weighted by molar-refractivity contribution is 0.242. The van der Waals surface area contributed by atoms with Gasteiger partial charge in [0.2, 0.25) is 0 Å². The summed E-state index contributed by atoms with van der Waals surface area (Å²) in [4.78, 5) is 0. The van der Waals surface area contributed by atoms with Crippen LogP contribution in [-0.4, -0.2) is 6.10 Å². The van der Waals surface area contributed by atoms with Crippen LogP contribution in [0.3, 0.4) is 0 Å². The number of ether oxygens (including phenoxy) is 1. The summed E-state index contributed by atoms with van der Waals surface area (Å²) in [6.07, 6.45) is 0.200. The van der Waals surface area contributed by atoms with Gasteiger partial charge in [-0.05, 0) is 61.7 Å². The third-order valence-corrected chi connectivity index (χ3v) is 2.66. The van der Waals surface area contributed by atoms with Crippen LogP contribution in [0.15, 0.2) is 42.5 Å². The van der Waals surface area contributed by atoms with Gasteiger partial charge >= 0.3 is 0 Å². The van der Waals surface area contributed by atoms with Crippen LogP contribution in [0.4, 0.5) is 5.69 Å². The second kappa shape index (κ2) is 5.13. The lowest BCUT2D eigenvalue weighted by Gasteiger charge is -2.10. The summed E-state index contributed by atoms with van der Waals surface area (Å²) in [7, 11) is 0. The number of nitrogens with two attached hydrogens (primary N) is 1. The van der Waals surface area contributed by atoms with E-state index in [0.717, 1.165) is 22.6 Å². The van der Waals surface area contributed by atoms with Crippen LogP contribution < -0.4 is 10.5 Å². The molecule has 0 aliphatic heterocycles. The lowest BCUT2D eigenvalue weighted by Crippen LogP contribution is -2.05. The molecule has 0 spiro atoms. The van der Waals surface area contributed by atoms with Crippen LogP contribution >= 0.6 is 0 Å². The molecule has 0 radical (unpaired) electrons. The molecule has 0 fully saturated rings. The fourth-order valence-electron chi connectivity index (χ4n) is 1.98. The van der Waals surface area contributed by atoms with Crippen molar-refractivity contribution in [2.75, 3.05) is 5.73 Å². The Morgan fingerprint density at radius 2 is 1.61 bits per heavy atom. The van der Waals surface area contributed by atoms with Crippen LogP contribution in [0.25, 0.3) is 11.1 Å². The zero-order valence-electron chi connectivity index (χ0n) is 11.1. The van der Waals surface area contributed by atoms with Crippen molar-refractivity contribution in [2.24, 2.45) is 0 Å². The number of hydrogen-bond donors (Lipinski definition) is 1. The summed E-state index contributed by atoms with van der Waals surface area (Å²) in [5, 5.41) is 0. The minimum atomic E-state index is 0.200. The number of hydrogen-bond acceptors (Lipinski definition) is 2. The molecule has 0 atom stereocenters. The minimum Gasteiger partial charge on any atom is -0.491 e. The Bertz CT molecular complexity index is 509. The molecule has 0 amide bonds. The number of benzene rings is 2. The van der Waals surface area contributed by atoms with E-state index in [-0.39, 0.29) is 6.10 Å². The maximum atomic E-state index is 5.87. The van der Waals surface area contributed by atoms with Gasteiger partial charge in [-0.3, -0.25) is 0 Å². The van der Waals surface area contributed by atoms with Crippen LogP contribution in [-0.2, 0) is 0 Å². The molecule has 2 heteroatoms. The fourth-order valence-corrected chi connectivity index (χ4v) is 1.98. The van der Waals surface area contributed by atoms with Gasteiger partial charge in [-0.25, -0.2) is 0 Å². The highest BCUT2D eigenvalue weighted by molar-refractivity contribution is 5.69. The molecule has 0 aliphatic carbocycles. The van der Waals surface area contributed by atoms with Crippen molar-refractivity contribution in [2.45, 2.75) is 26.9 Å². The van der Waals surface area contributed by atoms with Crippen molar-refractivity contribution in [3.63, 3.8) is 0 Å². The van der Waals surface area contributed by atoms with E-state index in [1.54, 1.807) is 0 Å². The summed E-state index contributed by atoms with van der Waals surface area (Å²) >= 11 is 0. The van der Waals surface area contributed by atoms with E-state index < -0.39 is 0 Å². The third kappa shape index (κ3) is 3.04. The predicted molar refractivity (Wildman–Crippen MR) is 76.8 cm³/mol. The normalized spacial score (nSPS) is 10.7. The van der Waals surface area contributed by atoms with Gasteiger partial charge in [0.05, 0.1) is 6.10 Å². The first-order chi connectivity index (χ1) is 8.54. The topological polar surface area (TPSA) is 35.2 Å². The fraction of sp³-hybridized carbons (Fsp3) is 0.250. The maximum absolute atomic E-state index is 5.87. The second-order valence-electron chi connectivity index (χ2n) is 4.82. The highest BCUT2D eigenvalue weighted by Crippen LogP contribution is 2.25. The molecule has 94 valence electrons. The molecule has 0 saturated heterocycles. The summed E-state index contributed by atoms with van der Waals surface area (Å²) < 4.78 is 5.63. The van der Waals surface area contributed by atoms with Crippen LogP contribution in [0, 0.1) is 6.92 Å². The van der Waals surface area contributed by atoms with Crippen molar-refractivity contribution < 1.29 is 4.74 Å². The van der Waals surface area contributed by atoms with Gasteiger partial charge in [-0.1, -0.05) is 18.2 Å². The Hall–Kier alpha value is -1.96. The van der Waals surface area contributed by atoms with Gasteiger partial charge in [0.15, 0.2) is 0 Å². The summed E-state index contributed by atoms with van der Waals surface area (Å²) in [5.41, 5.74) is 10.1. The quantitative estimate of drug-likeness (QED) is 0.823. The van der Waals surface area contributed by atoms with Gasteiger partial charge in [-0.15, -0.1) is 0 Å². The number of aryl methyl sites for hydroxylation is 1. The van der Waals surface area contributed by atoms with E-state index in [4.69, 9.17) is 10.5 Å². The summed E-state index contributed by atoms with van der Waals surface area (Å²) in [6.45, 7) is 6.10. The SMILES string of the molecule is Cc1cc(N)cc(-c2ccc(OC(C)C)cc2)c1. The lowest BCUT2D eigenvalue weighted by atomic mass is 10.0. The van der Waals surface area contributed by atoms with Crippen molar-refractivity contribution in [3.8, 4) is 16.9 Å². The van der Waals surface area contributed by atoms with Crippen molar-refractivity contribution >= 4 is 5.69 Å². The molecule has 0 heterocycles. The Balaban J connectivity index is 2.28. The van der Waals surface area contributed by atoms with E-state index in [9.17, 15) is 0 Å². The zero-order chi connectivity index (χ0) is 13.1. The van der Waals surface area contributed by atoms with Gasteiger partial charge in [0.1, 0.15) is 5.75 Å². The van der Waals surface area contributed by atoms with E-state index in [1.807, 2.05) is 38.1 Å². The molecule has 0 aromatic heterocycles. The maximum Gasteiger partial charge on any atom is 0.119 e. The third-order valence-electron chi connectivity index (χ3n) is 2.66. The molecule has 2 aromatic rings. The molecule has 0 aliphatic rings. The van der Waals surface area contributed by atoms with Crippen LogP contribution in [0.5, 0.6) is 5.75 Å². The first-order valence-corrected chi connectivity index (χ1v) is 6.19. The van der Waals surface area contributed by atoms with Crippen molar-refractivity contribution in [3.05, 3.63) is 48.0 Å². The highest BCUT2D eigenvalue weighted by Gasteiger charge is 2.02. The Morgan fingerprint density at radius 1 is 0.944 bits per heavy atom. The number of nitrogen functional groups attached to an aromatic ring is 1. The largest absolute Gasteiger partial charge is 0.491 e. The van der Waals surface area contributed by atoms with Crippen LogP contribution in [0.1, 0.15) is 19.4 Å². The molecular weight excluding hydrogens is 222 g/mol. The Kier molecular flexibility index (Phi) is 3.56. The van der Waals surface area contributed by atoms with Crippen molar-refractivity contribution in [1.82, 2.24) is 0 Å². The van der Waals surface area contributed by atoms with Gasteiger partial charge in [0.25, 0.3) is 0 Å². The minimum absolute atomic E-state index is 0.200. The van der Waals surface area contributed by atoms with Gasteiger partial charge in [-0.2, -0.15) is 0 Å². The Morgan fingerprint density at radius 3 is 2.17 bits per heavy atom. The standard InChI is InChI=1S/C16H19NO/c1-11(2)18-16-6-4-13(5-7-16)14-8-12(3)9-15(17)10-14/h4-11H,17H2,1-3H3. The molecule has 2 nitrogen and oxygen atoms in total. The highest BCUT2D eigenvalue weighted by atomic mass is 16.5. The van der Waals surface area contributed by atoms with E-state index in [1.165, 1.54) is 5.56 Å². The molecular formula is C16H19NO. The van der Waals surface area contributed by atoms with E-state index in [2.05, 4.69) is 25.1 Å². The molecule has 0 bridgehead atoms. The zero-order valence-corrected chi connectivity index (χ0v) is 11.1. The van der Waals surface area contributed by atoms with Crippen LogP contribution in [0.2, 0.25) is 0 Å². The first kappa shape index (κ1) is 12.5. The summed E-state index contributed by atoms with van der Waals surface area (Å²) in [5.74, 6) is 0.898. The molecule has 0 unspecified atom stereocenters.